The molecule has 0 bridgehead atoms. The lowest BCUT2D eigenvalue weighted by Gasteiger charge is -2.22. The summed E-state index contributed by atoms with van der Waals surface area (Å²) in [7, 11) is 0. The predicted octanol–water partition coefficient (Wildman–Crippen LogP) is 24.9. The van der Waals surface area contributed by atoms with Gasteiger partial charge in [0.2, 0.25) is 5.91 Å². The summed E-state index contributed by atoms with van der Waals surface area (Å²) in [6.07, 6.45) is 92.5. The summed E-state index contributed by atoms with van der Waals surface area (Å²) < 4.78 is 5.49. The maximum Gasteiger partial charge on any atom is 0.305 e. The number of rotatable bonds is 72. The first kappa shape index (κ1) is 81.3. The van der Waals surface area contributed by atoms with Gasteiger partial charge in [0.25, 0.3) is 0 Å². The van der Waals surface area contributed by atoms with Crippen LogP contribution in [0.2, 0.25) is 0 Å². The Balaban J connectivity index is 3.33. The van der Waals surface area contributed by atoms with E-state index in [4.69, 9.17) is 4.74 Å². The Morgan fingerprint density at radius 3 is 0.952 bits per heavy atom. The van der Waals surface area contributed by atoms with Crippen LogP contribution in [0.1, 0.15) is 431 Å². The van der Waals surface area contributed by atoms with Crippen LogP contribution in [0.5, 0.6) is 0 Å². The number of esters is 1. The van der Waals surface area contributed by atoms with Gasteiger partial charge in [-0.2, -0.15) is 0 Å². The van der Waals surface area contributed by atoms with Gasteiger partial charge in [-0.25, -0.2) is 0 Å². The molecule has 0 spiro atoms. The van der Waals surface area contributed by atoms with Crippen molar-refractivity contribution in [1.29, 1.82) is 0 Å². The third-order valence-electron chi connectivity index (χ3n) is 18.0. The fourth-order valence-corrected chi connectivity index (χ4v) is 12.2. The van der Waals surface area contributed by atoms with Crippen LogP contribution in [0.3, 0.4) is 0 Å². The second kappa shape index (κ2) is 72.8. The summed E-state index contributed by atoms with van der Waals surface area (Å²) in [6, 6.07) is -0.539. The molecule has 0 aliphatic rings. The molecule has 0 rings (SSSR count). The summed E-state index contributed by atoms with van der Waals surface area (Å²) in [6.45, 7) is 4.95. The molecule has 0 aliphatic carbocycles. The van der Waals surface area contributed by atoms with Crippen LogP contribution in [-0.4, -0.2) is 47.4 Å². The summed E-state index contributed by atoms with van der Waals surface area (Å²) >= 11 is 0. The van der Waals surface area contributed by atoms with Gasteiger partial charge in [-0.1, -0.05) is 391 Å². The van der Waals surface area contributed by atoms with Crippen LogP contribution >= 0.6 is 0 Å². The first-order valence-electron chi connectivity index (χ1n) is 38.1. The molecule has 0 radical (unpaired) electrons. The van der Waals surface area contributed by atoms with Crippen molar-refractivity contribution in [1.82, 2.24) is 5.32 Å². The number of allylic oxidation sites excluding steroid dienone is 4. The summed E-state index contributed by atoms with van der Waals surface area (Å²) in [5.41, 5.74) is 0. The van der Waals surface area contributed by atoms with Gasteiger partial charge in [-0.3, -0.25) is 9.59 Å². The van der Waals surface area contributed by atoms with E-state index in [9.17, 15) is 19.8 Å². The Morgan fingerprint density at radius 2 is 0.614 bits per heavy atom. The molecule has 0 saturated carbocycles. The van der Waals surface area contributed by atoms with E-state index < -0.39 is 12.1 Å². The average Bonchev–Trinajstić information content (AvgIpc) is 3.49. The topological polar surface area (TPSA) is 95.9 Å². The zero-order valence-corrected chi connectivity index (χ0v) is 56.5. The molecule has 2 unspecified atom stereocenters. The van der Waals surface area contributed by atoms with Gasteiger partial charge in [-0.15, -0.1) is 0 Å². The molecule has 492 valence electrons. The van der Waals surface area contributed by atoms with Gasteiger partial charge in [0.05, 0.1) is 25.4 Å². The molecule has 6 nitrogen and oxygen atoms in total. The minimum absolute atomic E-state index is 0.00682. The van der Waals surface area contributed by atoms with Crippen LogP contribution in [-0.2, 0) is 14.3 Å². The molecule has 1 amide bonds. The van der Waals surface area contributed by atoms with E-state index in [0.29, 0.717) is 25.9 Å². The van der Waals surface area contributed by atoms with Gasteiger partial charge in [0, 0.05) is 12.8 Å². The largest absolute Gasteiger partial charge is 0.466 e. The standard InChI is InChI=1S/C77H149NO5/c1-3-5-7-9-11-13-15-17-19-20-21-33-36-39-42-45-49-53-57-61-65-69-75(80)74(73-79)78-76(81)70-66-62-58-54-50-46-43-40-37-34-31-29-27-25-23-22-24-26-28-30-32-35-38-41-44-48-52-56-60-64-68-72-83-77(82)71-67-63-59-55-51-47-18-16-14-12-10-8-6-4-2/h10,12,16,18,74-75,79-80H,3-9,11,13-15,17,19-73H2,1-2H3,(H,78,81)/b12-10-,18-16-. The predicted molar refractivity (Wildman–Crippen MR) is 366 cm³/mol. The number of carbonyl (C=O) groups excluding carboxylic acids is 2. The minimum atomic E-state index is -0.662. The molecule has 0 fully saturated rings. The molecule has 0 aliphatic heterocycles. The molecule has 0 saturated heterocycles. The molecule has 0 heterocycles. The van der Waals surface area contributed by atoms with E-state index in [1.54, 1.807) is 0 Å². The van der Waals surface area contributed by atoms with Crippen LogP contribution in [0, 0.1) is 0 Å². The van der Waals surface area contributed by atoms with Crippen molar-refractivity contribution in [3.63, 3.8) is 0 Å². The van der Waals surface area contributed by atoms with Crippen molar-refractivity contribution >= 4 is 11.9 Å². The minimum Gasteiger partial charge on any atom is -0.466 e. The average molecular weight is 1170 g/mol. The highest BCUT2D eigenvalue weighted by atomic mass is 16.5. The van der Waals surface area contributed by atoms with E-state index in [1.807, 2.05) is 0 Å². The fraction of sp³-hybridized carbons (Fsp3) is 0.922. The second-order valence-corrected chi connectivity index (χ2v) is 26.3. The van der Waals surface area contributed by atoms with Gasteiger partial charge < -0.3 is 20.3 Å². The van der Waals surface area contributed by atoms with E-state index in [-0.39, 0.29) is 18.5 Å². The number of carbonyl (C=O) groups is 2. The summed E-state index contributed by atoms with van der Waals surface area (Å²) in [5.74, 6) is -0.0189. The number of amides is 1. The highest BCUT2D eigenvalue weighted by molar-refractivity contribution is 5.76. The highest BCUT2D eigenvalue weighted by Crippen LogP contribution is 2.20. The third-order valence-corrected chi connectivity index (χ3v) is 18.0. The van der Waals surface area contributed by atoms with Crippen LogP contribution in [0.4, 0.5) is 0 Å². The van der Waals surface area contributed by atoms with E-state index in [1.165, 1.54) is 347 Å². The molecule has 0 aromatic rings. The monoisotopic (exact) mass is 1170 g/mol. The lowest BCUT2D eigenvalue weighted by Crippen LogP contribution is -2.45. The summed E-state index contributed by atoms with van der Waals surface area (Å²) in [5, 5.41) is 23.4. The van der Waals surface area contributed by atoms with Crippen molar-refractivity contribution in [2.45, 2.75) is 443 Å². The van der Waals surface area contributed by atoms with Crippen molar-refractivity contribution < 1.29 is 24.5 Å². The SMILES string of the molecule is CCCC/C=C\C/C=C\CCCCCCCC(=O)OCCCCCCCCCCCCCCCCCCCCCCCCCCCCCCCCCC(=O)NC(CO)C(O)CCCCCCCCCCCCCCCCCCCCCCC. The highest BCUT2D eigenvalue weighted by Gasteiger charge is 2.20. The van der Waals surface area contributed by atoms with Crippen molar-refractivity contribution in [2.24, 2.45) is 0 Å². The Bertz CT molecular complexity index is 1300. The molecular formula is C77H149NO5. The Kier molecular flexibility index (Phi) is 71.4. The van der Waals surface area contributed by atoms with E-state index in [0.717, 1.165) is 51.4 Å². The molecule has 83 heavy (non-hydrogen) atoms. The van der Waals surface area contributed by atoms with Gasteiger partial charge >= 0.3 is 5.97 Å². The maximum absolute atomic E-state index is 12.6. The van der Waals surface area contributed by atoms with Crippen molar-refractivity contribution in [2.75, 3.05) is 13.2 Å². The quantitative estimate of drug-likeness (QED) is 0.0320. The molecule has 6 heteroatoms. The molecule has 0 aromatic heterocycles. The Hall–Kier alpha value is -1.66. The Labute approximate surface area is 520 Å². The molecule has 2 atom stereocenters. The molecule has 3 N–H and O–H groups in total. The van der Waals surface area contributed by atoms with E-state index in [2.05, 4.69) is 43.5 Å². The Morgan fingerprint density at radius 1 is 0.337 bits per heavy atom. The van der Waals surface area contributed by atoms with Crippen molar-refractivity contribution in [3.8, 4) is 0 Å². The first-order chi connectivity index (χ1) is 41.0. The number of aliphatic hydroxyl groups excluding tert-OH is 2. The first-order valence-corrected chi connectivity index (χ1v) is 38.1. The van der Waals surface area contributed by atoms with Gasteiger partial charge in [0.15, 0.2) is 0 Å². The second-order valence-electron chi connectivity index (χ2n) is 26.3. The number of hydrogen-bond acceptors (Lipinski definition) is 5. The number of aliphatic hydroxyl groups is 2. The van der Waals surface area contributed by atoms with Crippen LogP contribution in [0.15, 0.2) is 24.3 Å². The maximum atomic E-state index is 12.6. The zero-order chi connectivity index (χ0) is 59.9. The normalized spacial score (nSPS) is 12.6. The number of hydrogen-bond donors (Lipinski definition) is 3. The van der Waals surface area contributed by atoms with Crippen LogP contribution in [0.25, 0.3) is 0 Å². The van der Waals surface area contributed by atoms with Crippen molar-refractivity contribution in [3.05, 3.63) is 24.3 Å². The van der Waals surface area contributed by atoms with Crippen LogP contribution < -0.4 is 5.32 Å². The van der Waals surface area contributed by atoms with Gasteiger partial charge in [0.1, 0.15) is 0 Å². The third kappa shape index (κ3) is 69.3. The van der Waals surface area contributed by atoms with Gasteiger partial charge in [-0.05, 0) is 51.4 Å². The molecule has 0 aromatic carbocycles. The van der Waals surface area contributed by atoms with E-state index >= 15 is 0 Å². The lowest BCUT2D eigenvalue weighted by molar-refractivity contribution is -0.143. The number of nitrogens with one attached hydrogen (secondary N) is 1. The zero-order valence-electron chi connectivity index (χ0n) is 56.5. The number of ether oxygens (including phenoxy) is 1. The molecular weight excluding hydrogens is 1020 g/mol. The number of unbranched alkanes of at least 4 members (excludes halogenated alkanes) is 57. The fourth-order valence-electron chi connectivity index (χ4n) is 12.2. The smallest absolute Gasteiger partial charge is 0.305 e. The summed E-state index contributed by atoms with van der Waals surface area (Å²) in [4.78, 5) is 24.6. The lowest BCUT2D eigenvalue weighted by atomic mass is 10.0.